The van der Waals surface area contributed by atoms with E-state index in [2.05, 4.69) is 32.1 Å². The summed E-state index contributed by atoms with van der Waals surface area (Å²) in [5.41, 5.74) is 2.02. The zero-order valence-electron chi connectivity index (χ0n) is 13.2. The molecule has 6 nitrogen and oxygen atoms in total. The van der Waals surface area contributed by atoms with Gasteiger partial charge in [0.25, 0.3) is 0 Å². The number of ether oxygens (including phenoxy) is 2. The number of halogens is 1. The number of aromatic nitrogens is 1. The Morgan fingerprint density at radius 1 is 1.26 bits per heavy atom. The lowest BCUT2D eigenvalue weighted by Gasteiger charge is -2.05. The minimum atomic E-state index is -0.573. The van der Waals surface area contributed by atoms with Crippen molar-refractivity contribution >= 4 is 45.4 Å². The summed E-state index contributed by atoms with van der Waals surface area (Å²) in [6.07, 6.45) is 1.72. The summed E-state index contributed by atoms with van der Waals surface area (Å²) in [7, 11) is 4.55. The van der Waals surface area contributed by atoms with E-state index in [0.717, 1.165) is 20.2 Å². The van der Waals surface area contributed by atoms with Crippen molar-refractivity contribution in [1.29, 1.82) is 0 Å². The predicted octanol–water partition coefficient (Wildman–Crippen LogP) is 2.77. The molecule has 0 amide bonds. The van der Waals surface area contributed by atoms with Gasteiger partial charge in [0, 0.05) is 34.2 Å². The molecule has 0 aliphatic rings. The molecule has 0 radical (unpaired) electrons. The first kappa shape index (κ1) is 17.6. The van der Waals surface area contributed by atoms with Crippen LogP contribution in [-0.4, -0.2) is 35.8 Å². The van der Waals surface area contributed by atoms with Gasteiger partial charge in [-0.2, -0.15) is 0 Å². The van der Waals surface area contributed by atoms with Crippen LogP contribution in [0.15, 0.2) is 12.1 Å². The Balaban J connectivity index is 2.40. The van der Waals surface area contributed by atoms with Crippen molar-refractivity contribution in [1.82, 2.24) is 4.57 Å². The molecule has 0 saturated heterocycles. The Labute approximate surface area is 147 Å². The lowest BCUT2D eigenvalue weighted by atomic mass is 10.1. The molecule has 124 valence electrons. The van der Waals surface area contributed by atoms with E-state index in [1.807, 2.05) is 11.6 Å². The van der Waals surface area contributed by atoms with Crippen molar-refractivity contribution in [2.75, 3.05) is 14.2 Å². The number of carbonyl (C=O) groups is 2. The van der Waals surface area contributed by atoms with Gasteiger partial charge < -0.3 is 19.1 Å². The van der Waals surface area contributed by atoms with Crippen LogP contribution in [0.2, 0.25) is 0 Å². The largest absolute Gasteiger partial charge is 0.507 e. The van der Waals surface area contributed by atoms with E-state index in [9.17, 15) is 14.7 Å². The maximum absolute atomic E-state index is 11.7. The average Bonchev–Trinajstić information content (AvgIpc) is 2.77. The zero-order valence-corrected chi connectivity index (χ0v) is 15.3. The molecule has 0 aliphatic heterocycles. The minimum absolute atomic E-state index is 0.109. The van der Waals surface area contributed by atoms with Crippen LogP contribution in [0.1, 0.15) is 28.9 Å². The van der Waals surface area contributed by atoms with Gasteiger partial charge in [-0.05, 0) is 41.5 Å². The maximum Gasteiger partial charge on any atom is 0.341 e. The normalized spacial score (nSPS) is 10.8. The molecule has 1 N–H and O–H groups in total. The minimum Gasteiger partial charge on any atom is -0.507 e. The highest BCUT2D eigenvalue weighted by molar-refractivity contribution is 14.1. The van der Waals surface area contributed by atoms with Gasteiger partial charge in [0.2, 0.25) is 0 Å². The number of methoxy groups -OCH3 is 2. The summed E-state index contributed by atoms with van der Waals surface area (Å²) >= 11 is 2.22. The number of aryl methyl sites for hydroxylation is 1. The first-order chi connectivity index (χ1) is 10.9. The number of hydrogen-bond acceptors (Lipinski definition) is 5. The van der Waals surface area contributed by atoms with Crippen molar-refractivity contribution in [2.45, 2.75) is 19.3 Å². The van der Waals surface area contributed by atoms with Crippen LogP contribution in [0.4, 0.5) is 0 Å². The van der Waals surface area contributed by atoms with Crippen molar-refractivity contribution in [2.24, 2.45) is 7.05 Å². The second-order valence-corrected chi connectivity index (χ2v) is 6.21. The topological polar surface area (TPSA) is 77.8 Å². The fourth-order valence-corrected chi connectivity index (χ4v) is 3.60. The van der Waals surface area contributed by atoms with Crippen molar-refractivity contribution in [3.63, 3.8) is 0 Å². The Morgan fingerprint density at radius 3 is 2.57 bits per heavy atom. The first-order valence-electron chi connectivity index (χ1n) is 7.05. The highest BCUT2D eigenvalue weighted by Crippen LogP contribution is 2.33. The van der Waals surface area contributed by atoms with E-state index >= 15 is 0 Å². The van der Waals surface area contributed by atoms with E-state index in [-0.39, 0.29) is 17.3 Å². The van der Waals surface area contributed by atoms with E-state index in [4.69, 9.17) is 0 Å². The molecule has 0 unspecified atom stereocenters. The van der Waals surface area contributed by atoms with Crippen LogP contribution in [0, 0.1) is 3.57 Å². The number of phenols is 1. The summed E-state index contributed by atoms with van der Waals surface area (Å²) in [6, 6.07) is 3.20. The molecule has 0 atom stereocenters. The Bertz CT molecular complexity index is 766. The third-order valence-corrected chi connectivity index (χ3v) is 5.00. The van der Waals surface area contributed by atoms with Gasteiger partial charge in [0.15, 0.2) is 0 Å². The lowest BCUT2D eigenvalue weighted by molar-refractivity contribution is -0.140. The third kappa shape index (κ3) is 3.44. The molecular formula is C16H18INO5. The zero-order chi connectivity index (χ0) is 17.1. The van der Waals surface area contributed by atoms with Crippen LogP contribution in [0.25, 0.3) is 10.9 Å². The molecule has 0 aliphatic carbocycles. The molecule has 1 aromatic carbocycles. The summed E-state index contributed by atoms with van der Waals surface area (Å²) in [5.74, 6) is -0.914. The number of phenolic OH excluding ortho intramolecular Hbond substituents is 1. The van der Waals surface area contributed by atoms with Gasteiger partial charge in [-0.15, -0.1) is 0 Å². The van der Waals surface area contributed by atoms with Crippen LogP contribution >= 0.6 is 22.6 Å². The van der Waals surface area contributed by atoms with E-state index in [1.165, 1.54) is 14.2 Å². The summed E-state index contributed by atoms with van der Waals surface area (Å²) < 4.78 is 12.3. The van der Waals surface area contributed by atoms with Crippen LogP contribution in [-0.2, 0) is 27.7 Å². The maximum atomic E-state index is 11.7. The van der Waals surface area contributed by atoms with E-state index in [0.29, 0.717) is 19.3 Å². The lowest BCUT2D eigenvalue weighted by Crippen LogP contribution is -2.03. The fraction of sp³-hybridized carbons (Fsp3) is 0.375. The number of rotatable bonds is 5. The van der Waals surface area contributed by atoms with Crippen LogP contribution in [0.5, 0.6) is 5.75 Å². The van der Waals surface area contributed by atoms with Gasteiger partial charge in [0.1, 0.15) is 11.3 Å². The molecule has 0 fully saturated rings. The molecule has 0 spiro atoms. The third-order valence-electron chi connectivity index (χ3n) is 3.80. The Hall–Kier alpha value is -1.77. The quantitative estimate of drug-likeness (QED) is 0.582. The molecule has 0 bridgehead atoms. The van der Waals surface area contributed by atoms with Gasteiger partial charge in [0.05, 0.1) is 19.7 Å². The smallest absolute Gasteiger partial charge is 0.341 e. The average molecular weight is 431 g/mol. The molecule has 2 aromatic rings. The molecule has 1 aromatic heterocycles. The van der Waals surface area contributed by atoms with Gasteiger partial charge >= 0.3 is 11.9 Å². The van der Waals surface area contributed by atoms with Crippen molar-refractivity contribution in [3.8, 4) is 5.75 Å². The van der Waals surface area contributed by atoms with Gasteiger partial charge in [-0.3, -0.25) is 4.79 Å². The summed E-state index contributed by atoms with van der Waals surface area (Å²) in [6.45, 7) is 0. The number of aromatic hydroxyl groups is 1. The monoisotopic (exact) mass is 431 g/mol. The molecule has 1 heterocycles. The molecule has 7 heteroatoms. The summed E-state index contributed by atoms with van der Waals surface area (Å²) in [5, 5.41) is 10.9. The number of hydrogen-bond donors (Lipinski definition) is 1. The molecular weight excluding hydrogens is 413 g/mol. The van der Waals surface area contributed by atoms with Crippen LogP contribution in [0.3, 0.4) is 0 Å². The van der Waals surface area contributed by atoms with Crippen molar-refractivity contribution < 1.29 is 24.2 Å². The standard InChI is InChI=1S/C16H18INO5/c1-18-11(5-4-6-14(20)22-2)15(17)9-7-10(16(21)23-3)13(19)8-12(9)18/h7-8,19H,4-6H2,1-3H3. The highest BCUT2D eigenvalue weighted by atomic mass is 127. The van der Waals surface area contributed by atoms with E-state index in [1.54, 1.807) is 12.1 Å². The predicted molar refractivity (Wildman–Crippen MR) is 93.6 cm³/mol. The molecule has 2 rings (SSSR count). The fourth-order valence-electron chi connectivity index (χ4n) is 2.53. The number of carbonyl (C=O) groups excluding carboxylic acids is 2. The second kappa shape index (κ2) is 7.20. The van der Waals surface area contributed by atoms with Crippen molar-refractivity contribution in [3.05, 3.63) is 27.0 Å². The Kier molecular flexibility index (Phi) is 5.51. The van der Waals surface area contributed by atoms with Gasteiger partial charge in [-0.25, -0.2) is 4.79 Å². The summed E-state index contributed by atoms with van der Waals surface area (Å²) in [4.78, 5) is 22.9. The number of fused-ring (bicyclic) bond motifs is 1. The highest BCUT2D eigenvalue weighted by Gasteiger charge is 2.19. The number of benzene rings is 1. The van der Waals surface area contributed by atoms with Crippen LogP contribution < -0.4 is 0 Å². The Morgan fingerprint density at radius 2 is 1.96 bits per heavy atom. The molecule has 23 heavy (non-hydrogen) atoms. The first-order valence-corrected chi connectivity index (χ1v) is 8.13. The molecule has 0 saturated carbocycles. The SMILES string of the molecule is COC(=O)CCCc1c(I)c2cc(C(=O)OC)c(O)cc2n1C. The van der Waals surface area contributed by atoms with E-state index < -0.39 is 5.97 Å². The van der Waals surface area contributed by atoms with Gasteiger partial charge in [-0.1, -0.05) is 0 Å². The number of esters is 2. The number of nitrogens with zero attached hydrogens (tertiary/aromatic N) is 1. The second-order valence-electron chi connectivity index (χ2n) is 5.13.